The number of benzene rings is 1. The topological polar surface area (TPSA) is 304 Å². The number of nitrogens with zero attached hydrogens (tertiary/aromatic N) is 8. The molecule has 29 heteroatoms. The molecule has 438 valence electrons. The van der Waals surface area contributed by atoms with Crippen LogP contribution in [0, 0.1) is 12.8 Å². The third kappa shape index (κ3) is 14.1. The van der Waals surface area contributed by atoms with E-state index in [1.807, 2.05) is 19.9 Å². The van der Waals surface area contributed by atoms with Gasteiger partial charge in [0.05, 0.1) is 54.4 Å². The van der Waals surface area contributed by atoms with E-state index in [4.69, 9.17) is 44.1 Å². The molecule has 1 saturated heterocycles. The Bertz CT molecular complexity index is 3680. The number of thiazole rings is 6. The Balaban J connectivity index is 1.01. The van der Waals surface area contributed by atoms with Gasteiger partial charge in [-0.3, -0.25) is 34.2 Å². The average Bonchev–Trinajstić information content (AvgIpc) is 3.62. The van der Waals surface area contributed by atoms with Gasteiger partial charge < -0.3 is 40.6 Å². The van der Waals surface area contributed by atoms with E-state index in [0.29, 0.717) is 93.5 Å². The first-order valence-corrected chi connectivity index (χ1v) is 31.7. The molecule has 0 radical (unpaired) electrons. The number of aryl methyl sites for hydroxylation is 1. The molecule has 8 aromatic rings. The van der Waals surface area contributed by atoms with Gasteiger partial charge in [-0.05, 0) is 30.5 Å². The quantitative estimate of drug-likeness (QED) is 0.0673. The van der Waals surface area contributed by atoms with Crippen LogP contribution in [0.5, 0.6) is 0 Å². The van der Waals surface area contributed by atoms with E-state index in [-0.39, 0.29) is 66.6 Å². The molecule has 2 aliphatic heterocycles. The van der Waals surface area contributed by atoms with Crippen LogP contribution in [0.25, 0.3) is 43.4 Å². The molecule has 84 heavy (non-hydrogen) atoms. The number of aliphatic hydroxyl groups excluding tert-OH is 1. The summed E-state index contributed by atoms with van der Waals surface area (Å²) in [6.45, 7) is 8.75. The van der Waals surface area contributed by atoms with Gasteiger partial charge >= 0.3 is 6.09 Å². The second-order valence-electron chi connectivity index (χ2n) is 19.7. The SMILES string of the molecule is CNC(=O)C[C@@H]1NC(=O)c2csc(n2)-c2ccc(-c3nc(NC(=O)OCCN4CCOCC4)cs3)nc2-c2csc(n2)-c2csc(n2)[C@H]([C@@H](O)c2ccccc2)NC(=O)CNC(=O)c2nc(sc2COC)[C@H](C(C)C)CC(=O)c2nc1sc2C. The van der Waals surface area contributed by atoms with Crippen LogP contribution in [-0.2, 0) is 30.4 Å². The molecule has 1 fully saturated rings. The van der Waals surface area contributed by atoms with Crippen LogP contribution >= 0.6 is 68.0 Å². The van der Waals surface area contributed by atoms with Crippen LogP contribution in [0.1, 0.15) is 113 Å². The maximum absolute atomic E-state index is 14.4. The molecule has 6 N–H and O–H groups in total. The maximum Gasteiger partial charge on any atom is 0.412 e. The molecule has 10 bridgehead atoms. The van der Waals surface area contributed by atoms with E-state index in [1.165, 1.54) is 82.2 Å². The zero-order valence-corrected chi connectivity index (χ0v) is 50.9. The van der Waals surface area contributed by atoms with Crippen molar-refractivity contribution in [1.82, 2.24) is 61.1 Å². The number of nitrogens with one attached hydrogen (secondary N) is 5. The summed E-state index contributed by atoms with van der Waals surface area (Å²) in [7, 11) is 2.98. The Morgan fingerprint density at radius 3 is 2.27 bits per heavy atom. The van der Waals surface area contributed by atoms with Crippen molar-refractivity contribution in [3.05, 3.63) is 111 Å². The normalized spacial score (nSPS) is 17.7. The lowest BCUT2D eigenvalue weighted by molar-refractivity contribution is -0.122. The van der Waals surface area contributed by atoms with Crippen LogP contribution in [0.3, 0.4) is 0 Å². The number of carbonyl (C=O) groups is 6. The van der Waals surface area contributed by atoms with Gasteiger partial charge in [0.15, 0.2) is 5.78 Å². The standard InChI is InChI=1S/C55H57N13O10S6/c1-27(2)31-19-37(69)42-28(3)83-53(66-42)33(20-40(70)56-4)59-47(73)35-24-79-49(61-35)30-11-12-32(51-63-39(26-82-51)64-55(75)78-18-15-68-13-16-77-17-14-68)58-43(30)34-23-80-52(60-34)36-25-81-54(62-36)45(46(72)29-9-7-6-8-10-29)65-41(71)21-57-48(74)44-38(22-76-5)84-50(31)67-44/h6-12,23-27,31,33,45-46,72H,13-22H2,1-5H3,(H,56,70)(H,57,74)(H,59,73)(H,64,75)(H,65,71)/t31-,33-,45-,46-/m0/s1. The maximum atomic E-state index is 14.4. The van der Waals surface area contributed by atoms with Crippen molar-refractivity contribution in [1.29, 1.82) is 0 Å². The van der Waals surface area contributed by atoms with Crippen molar-refractivity contribution in [2.24, 2.45) is 5.92 Å². The summed E-state index contributed by atoms with van der Waals surface area (Å²) < 4.78 is 16.3. The molecule has 4 atom stereocenters. The van der Waals surface area contributed by atoms with E-state index in [1.54, 1.807) is 64.8 Å². The molecular formula is C55H57N13O10S6. The summed E-state index contributed by atoms with van der Waals surface area (Å²) >= 11 is 7.35. The number of ether oxygens (including phenoxy) is 3. The number of aromatic nitrogens is 7. The van der Waals surface area contributed by atoms with E-state index in [9.17, 15) is 33.9 Å². The molecule has 0 spiro atoms. The van der Waals surface area contributed by atoms with Crippen molar-refractivity contribution in [2.45, 2.75) is 64.3 Å². The fourth-order valence-corrected chi connectivity index (χ4v) is 14.7. The monoisotopic (exact) mass is 1250 g/mol. The number of ketones is 1. The minimum Gasteiger partial charge on any atom is -0.448 e. The molecule has 0 aliphatic carbocycles. The zero-order chi connectivity index (χ0) is 59.0. The van der Waals surface area contributed by atoms with Crippen LogP contribution < -0.4 is 26.6 Å². The van der Waals surface area contributed by atoms with Crippen LogP contribution in [-0.4, -0.2) is 141 Å². The van der Waals surface area contributed by atoms with E-state index >= 15 is 0 Å². The number of carbonyl (C=O) groups excluding carboxylic acids is 6. The highest BCUT2D eigenvalue weighted by Crippen LogP contribution is 2.41. The van der Waals surface area contributed by atoms with E-state index < -0.39 is 54.5 Å². The third-order valence-electron chi connectivity index (χ3n) is 13.6. The molecular weight excluding hydrogens is 1200 g/mol. The molecule has 5 amide bonds. The number of fused-ring (bicyclic) bond motifs is 14. The smallest absolute Gasteiger partial charge is 0.412 e. The number of Topliss-reactive ketones (excluding diaryl/α,β-unsaturated/α-hetero) is 1. The lowest BCUT2D eigenvalue weighted by Crippen LogP contribution is -2.40. The summed E-state index contributed by atoms with van der Waals surface area (Å²) in [5.41, 5.74) is 2.99. The number of pyridine rings is 1. The Labute approximate surface area is 505 Å². The number of hydrogen-bond donors (Lipinski definition) is 6. The summed E-state index contributed by atoms with van der Waals surface area (Å²) in [5, 5.41) is 35.2. The number of rotatable bonds is 12. The van der Waals surface area contributed by atoms with Crippen molar-refractivity contribution in [3.8, 4) is 43.4 Å². The molecule has 10 rings (SSSR count). The summed E-state index contributed by atoms with van der Waals surface area (Å²) in [5.74, 6) is -2.86. The first kappa shape index (κ1) is 60.0. The van der Waals surface area contributed by atoms with Gasteiger partial charge in [0.2, 0.25) is 11.8 Å². The molecule has 1 aromatic carbocycles. The summed E-state index contributed by atoms with van der Waals surface area (Å²) in [6.07, 6.45) is -2.13. The van der Waals surface area contributed by atoms with E-state index in [2.05, 4.69) is 36.5 Å². The Kier molecular flexibility index (Phi) is 19.4. The van der Waals surface area contributed by atoms with Crippen molar-refractivity contribution < 1.29 is 48.1 Å². The fourth-order valence-electron chi connectivity index (χ4n) is 9.13. The minimum atomic E-state index is -1.26. The molecule has 7 aromatic heterocycles. The second kappa shape index (κ2) is 27.2. The first-order chi connectivity index (χ1) is 40.6. The predicted molar refractivity (Wildman–Crippen MR) is 321 cm³/mol. The molecule has 0 unspecified atom stereocenters. The van der Waals surface area contributed by atoms with Gasteiger partial charge in [0.1, 0.15) is 83.8 Å². The van der Waals surface area contributed by atoms with Gasteiger partial charge in [-0.2, -0.15) is 0 Å². The lowest BCUT2D eigenvalue weighted by Gasteiger charge is -2.26. The minimum absolute atomic E-state index is 0.0302. The highest BCUT2D eigenvalue weighted by atomic mass is 32.1. The zero-order valence-electron chi connectivity index (χ0n) is 46.0. The Morgan fingerprint density at radius 2 is 1.50 bits per heavy atom. The highest BCUT2D eigenvalue weighted by Gasteiger charge is 2.33. The Morgan fingerprint density at radius 1 is 0.774 bits per heavy atom. The number of amides is 5. The van der Waals surface area contributed by atoms with Gasteiger partial charge in [0, 0.05) is 78.1 Å². The molecule has 9 heterocycles. The predicted octanol–water partition coefficient (Wildman–Crippen LogP) is 8.08. The van der Waals surface area contributed by atoms with Gasteiger partial charge in [-0.25, -0.2) is 39.7 Å². The first-order valence-electron chi connectivity index (χ1n) is 26.5. The number of methoxy groups -OCH3 is 1. The highest BCUT2D eigenvalue weighted by molar-refractivity contribution is 7.15. The van der Waals surface area contributed by atoms with E-state index in [0.717, 1.165) is 13.1 Å². The van der Waals surface area contributed by atoms with Crippen molar-refractivity contribution in [3.63, 3.8) is 0 Å². The average molecular weight is 1250 g/mol. The number of anilines is 1. The van der Waals surface area contributed by atoms with Crippen LogP contribution in [0.15, 0.2) is 64.0 Å². The van der Waals surface area contributed by atoms with Crippen molar-refractivity contribution >= 4 is 109 Å². The van der Waals surface area contributed by atoms with Gasteiger partial charge in [0.25, 0.3) is 11.8 Å². The number of hydrogen-bond acceptors (Lipinski definition) is 24. The fraction of sp³-hybridized carbons (Fsp3) is 0.364. The number of aliphatic hydroxyl groups is 1. The molecule has 0 saturated carbocycles. The summed E-state index contributed by atoms with van der Waals surface area (Å²) in [4.78, 5) is 120. The third-order valence-corrected chi connectivity index (χ3v) is 19.4. The van der Waals surface area contributed by atoms with Crippen LogP contribution in [0.4, 0.5) is 10.6 Å². The van der Waals surface area contributed by atoms with Gasteiger partial charge in [-0.1, -0.05) is 44.2 Å². The van der Waals surface area contributed by atoms with Crippen LogP contribution in [0.2, 0.25) is 0 Å². The second-order valence-corrected chi connectivity index (χ2v) is 25.5. The summed E-state index contributed by atoms with van der Waals surface area (Å²) in [6, 6.07) is 10.4. The molecule has 23 nitrogen and oxygen atoms in total. The van der Waals surface area contributed by atoms with Gasteiger partial charge in [-0.15, -0.1) is 68.0 Å². The Hall–Kier alpha value is -7.19. The van der Waals surface area contributed by atoms with Crippen molar-refractivity contribution in [2.75, 3.05) is 65.5 Å². The molecule has 2 aliphatic rings. The number of morpholine rings is 1. The lowest BCUT2D eigenvalue weighted by atomic mass is 9.90. The largest absolute Gasteiger partial charge is 0.448 e.